The van der Waals surface area contributed by atoms with Crippen molar-refractivity contribution in [3.63, 3.8) is 0 Å². The zero-order chi connectivity index (χ0) is 8.97. The largest absolute Gasteiger partial charge is 0.464 e. The summed E-state index contributed by atoms with van der Waals surface area (Å²) in [5.41, 5.74) is 3.10. The summed E-state index contributed by atoms with van der Waals surface area (Å²) in [6.07, 6.45) is 0. The maximum absolute atomic E-state index is 11.0. The summed E-state index contributed by atoms with van der Waals surface area (Å²) in [6.45, 7) is 0.398. The number of carbonyl (C=O) groups is 1. The van der Waals surface area contributed by atoms with Crippen LogP contribution >= 0.6 is 11.9 Å². The molecule has 0 aliphatic carbocycles. The van der Waals surface area contributed by atoms with E-state index in [1.54, 1.807) is 7.11 Å². The minimum atomic E-state index is -0.389. The van der Waals surface area contributed by atoms with Crippen LogP contribution in [0.15, 0.2) is 10.6 Å². The molecule has 0 spiro atoms. The fourth-order valence-corrected chi connectivity index (χ4v) is 1.45. The summed E-state index contributed by atoms with van der Waals surface area (Å²) in [5.74, 6) is -0.389. The molecule has 0 saturated heterocycles. The third kappa shape index (κ3) is 1.90. The summed E-state index contributed by atoms with van der Waals surface area (Å²) < 4.78 is 9.43. The Morgan fingerprint density at radius 1 is 1.58 bits per heavy atom. The van der Waals surface area contributed by atoms with Gasteiger partial charge < -0.3 is 14.9 Å². The van der Waals surface area contributed by atoms with E-state index >= 15 is 0 Å². The Labute approximate surface area is 74.6 Å². The first-order valence-electron chi connectivity index (χ1n) is 3.28. The number of carbonyl (C=O) groups excluding carboxylic acids is 1. The summed E-state index contributed by atoms with van der Waals surface area (Å²) in [6, 6.07) is 0. The molecular formula is C6H10N2O3S. The van der Waals surface area contributed by atoms with Gasteiger partial charge in [-0.1, -0.05) is 0 Å². The number of hydrazine groups is 1. The van der Waals surface area contributed by atoms with E-state index in [4.69, 9.17) is 4.74 Å². The highest BCUT2D eigenvalue weighted by molar-refractivity contribution is 8.01. The maximum Gasteiger partial charge on any atom is 0.356 e. The molecule has 68 valence electrons. The molecule has 0 fully saturated rings. The van der Waals surface area contributed by atoms with Gasteiger partial charge in [0.2, 0.25) is 0 Å². The van der Waals surface area contributed by atoms with Crippen molar-refractivity contribution in [2.24, 2.45) is 0 Å². The Hall–Kier alpha value is -0.720. The quantitative estimate of drug-likeness (QED) is 0.473. The fraction of sp³-hybridized carbons (Fsp3) is 0.500. The first-order valence-corrected chi connectivity index (χ1v) is 4.09. The summed E-state index contributed by atoms with van der Waals surface area (Å²) >= 11 is 1.31. The summed E-state index contributed by atoms with van der Waals surface area (Å²) in [5, 5.41) is 0. The topological polar surface area (TPSA) is 59.6 Å². The minimum Gasteiger partial charge on any atom is -0.464 e. The molecule has 6 heteroatoms. The van der Waals surface area contributed by atoms with E-state index in [1.807, 2.05) is 0 Å². The molecule has 0 aromatic heterocycles. The molecule has 2 N–H and O–H groups in total. The van der Waals surface area contributed by atoms with E-state index in [9.17, 15) is 4.79 Å². The van der Waals surface area contributed by atoms with Gasteiger partial charge in [-0.2, -0.15) is 4.83 Å². The average Bonchev–Trinajstić information content (AvgIpc) is 2.52. The number of nitrogens with one attached hydrogen (secondary N) is 2. The number of methoxy groups -OCH3 is 2. The number of esters is 1. The van der Waals surface area contributed by atoms with Gasteiger partial charge in [0.1, 0.15) is 5.70 Å². The van der Waals surface area contributed by atoms with Crippen molar-refractivity contribution >= 4 is 17.9 Å². The molecule has 1 aliphatic heterocycles. The Morgan fingerprint density at radius 2 is 2.33 bits per heavy atom. The Bertz CT molecular complexity index is 217. The second kappa shape index (κ2) is 4.34. The molecule has 0 saturated carbocycles. The van der Waals surface area contributed by atoms with Gasteiger partial charge in [-0.15, -0.1) is 0 Å². The van der Waals surface area contributed by atoms with Crippen LogP contribution in [-0.2, 0) is 14.3 Å². The second-order valence-electron chi connectivity index (χ2n) is 2.05. The van der Waals surface area contributed by atoms with Crippen molar-refractivity contribution in [3.05, 3.63) is 10.6 Å². The molecule has 0 bridgehead atoms. The third-order valence-corrected chi connectivity index (χ3v) is 2.07. The van der Waals surface area contributed by atoms with Crippen LogP contribution in [0.25, 0.3) is 0 Å². The molecular weight excluding hydrogens is 180 g/mol. The van der Waals surface area contributed by atoms with E-state index < -0.39 is 0 Å². The van der Waals surface area contributed by atoms with Crippen LogP contribution in [0.4, 0.5) is 0 Å². The molecule has 1 rings (SSSR count). The number of ether oxygens (including phenoxy) is 2. The van der Waals surface area contributed by atoms with Crippen molar-refractivity contribution in [1.82, 2.24) is 10.3 Å². The molecule has 0 unspecified atom stereocenters. The van der Waals surface area contributed by atoms with Crippen molar-refractivity contribution in [2.45, 2.75) is 0 Å². The standard InChI is InChI=1S/C6H10N2O3S/c1-10-3-4-5(6(9)11-2)7-8-12-4/h7-8H,3H2,1-2H3. The molecule has 1 heterocycles. The van der Waals surface area contributed by atoms with Gasteiger partial charge in [-0.3, -0.25) is 0 Å². The van der Waals surface area contributed by atoms with Crippen LogP contribution in [0.2, 0.25) is 0 Å². The van der Waals surface area contributed by atoms with Gasteiger partial charge in [0.25, 0.3) is 0 Å². The zero-order valence-electron chi connectivity index (χ0n) is 6.84. The van der Waals surface area contributed by atoms with Crippen LogP contribution < -0.4 is 10.3 Å². The van der Waals surface area contributed by atoms with E-state index in [2.05, 4.69) is 15.0 Å². The highest BCUT2D eigenvalue weighted by Crippen LogP contribution is 2.20. The zero-order valence-corrected chi connectivity index (χ0v) is 7.66. The predicted octanol–water partition coefficient (Wildman–Crippen LogP) is -0.227. The van der Waals surface area contributed by atoms with Crippen LogP contribution in [0, 0.1) is 0 Å². The van der Waals surface area contributed by atoms with E-state index in [0.29, 0.717) is 12.3 Å². The lowest BCUT2D eigenvalue weighted by atomic mass is 10.4. The number of hydrogen-bond donors (Lipinski definition) is 2. The van der Waals surface area contributed by atoms with Crippen molar-refractivity contribution in [1.29, 1.82) is 0 Å². The monoisotopic (exact) mass is 190 g/mol. The van der Waals surface area contributed by atoms with Crippen LogP contribution in [0.3, 0.4) is 0 Å². The van der Waals surface area contributed by atoms with E-state index in [-0.39, 0.29) is 5.97 Å². The normalized spacial score (nSPS) is 16.2. The molecule has 0 aromatic carbocycles. The van der Waals surface area contributed by atoms with Crippen molar-refractivity contribution < 1.29 is 14.3 Å². The predicted molar refractivity (Wildman–Crippen MR) is 44.8 cm³/mol. The first kappa shape index (κ1) is 9.37. The van der Waals surface area contributed by atoms with Crippen LogP contribution in [0.1, 0.15) is 0 Å². The van der Waals surface area contributed by atoms with E-state index in [1.165, 1.54) is 19.1 Å². The molecule has 0 aromatic rings. The molecule has 12 heavy (non-hydrogen) atoms. The van der Waals surface area contributed by atoms with Gasteiger partial charge in [0, 0.05) is 7.11 Å². The minimum absolute atomic E-state index is 0.389. The maximum atomic E-state index is 11.0. The number of hydrogen-bond acceptors (Lipinski definition) is 6. The Balaban J connectivity index is 2.69. The highest BCUT2D eigenvalue weighted by Gasteiger charge is 2.21. The van der Waals surface area contributed by atoms with Gasteiger partial charge >= 0.3 is 5.97 Å². The molecule has 1 aliphatic rings. The molecule has 0 radical (unpaired) electrons. The molecule has 0 atom stereocenters. The average molecular weight is 190 g/mol. The number of rotatable bonds is 3. The van der Waals surface area contributed by atoms with Crippen molar-refractivity contribution in [2.75, 3.05) is 20.8 Å². The lowest BCUT2D eigenvalue weighted by Crippen LogP contribution is -2.24. The van der Waals surface area contributed by atoms with Gasteiger partial charge in [0.05, 0.1) is 18.6 Å². The van der Waals surface area contributed by atoms with Crippen molar-refractivity contribution in [3.8, 4) is 0 Å². The fourth-order valence-electron chi connectivity index (χ4n) is 0.759. The molecule has 0 amide bonds. The first-order chi connectivity index (χ1) is 5.79. The lowest BCUT2D eigenvalue weighted by molar-refractivity contribution is -0.136. The second-order valence-corrected chi connectivity index (χ2v) is 2.95. The van der Waals surface area contributed by atoms with E-state index in [0.717, 1.165) is 4.91 Å². The van der Waals surface area contributed by atoms with Gasteiger partial charge in [-0.05, 0) is 11.9 Å². The SMILES string of the molecule is COCC1=C(C(=O)OC)NNS1. The summed E-state index contributed by atoms with van der Waals surface area (Å²) in [4.78, 5) is 14.6. The molecule has 5 nitrogen and oxygen atoms in total. The van der Waals surface area contributed by atoms with Gasteiger partial charge in [-0.25, -0.2) is 4.79 Å². The summed E-state index contributed by atoms with van der Waals surface area (Å²) in [7, 11) is 2.91. The van der Waals surface area contributed by atoms with Gasteiger partial charge in [0.15, 0.2) is 0 Å². The van der Waals surface area contributed by atoms with Crippen LogP contribution in [-0.4, -0.2) is 26.8 Å². The van der Waals surface area contributed by atoms with Crippen LogP contribution in [0.5, 0.6) is 0 Å². The lowest BCUT2D eigenvalue weighted by Gasteiger charge is -2.01. The smallest absolute Gasteiger partial charge is 0.356 e. The highest BCUT2D eigenvalue weighted by atomic mass is 32.2. The Kier molecular flexibility index (Phi) is 3.39. The third-order valence-electron chi connectivity index (χ3n) is 1.29. The Morgan fingerprint density at radius 3 is 2.92 bits per heavy atom.